The first-order valence-corrected chi connectivity index (χ1v) is 5.98. The molecule has 15 heavy (non-hydrogen) atoms. The molecule has 0 amide bonds. The molecule has 2 aromatic rings. The summed E-state index contributed by atoms with van der Waals surface area (Å²) in [6.45, 7) is 3.09. The van der Waals surface area contributed by atoms with Gasteiger partial charge in [0, 0.05) is 11.4 Å². The topological polar surface area (TPSA) is 12.0 Å². The van der Waals surface area contributed by atoms with Crippen LogP contribution in [0, 0.1) is 6.92 Å². The van der Waals surface area contributed by atoms with Crippen LogP contribution in [0.3, 0.4) is 0 Å². The molecule has 0 aliphatic rings. The van der Waals surface area contributed by atoms with Crippen molar-refractivity contribution in [3.8, 4) is 10.4 Å². The first-order chi connectivity index (χ1) is 7.33. The maximum absolute atomic E-state index is 3.21. The third kappa shape index (κ3) is 2.11. The molecule has 1 aromatic heterocycles. The molecule has 2 rings (SSSR count). The van der Waals surface area contributed by atoms with E-state index in [4.69, 9.17) is 0 Å². The van der Waals surface area contributed by atoms with Crippen molar-refractivity contribution in [2.24, 2.45) is 0 Å². The molecule has 0 saturated carbocycles. The maximum Gasteiger partial charge on any atom is 0.0375 e. The molecule has 78 valence electrons. The minimum Gasteiger partial charge on any atom is -0.316 e. The van der Waals surface area contributed by atoms with Gasteiger partial charge in [-0.15, -0.1) is 11.3 Å². The van der Waals surface area contributed by atoms with Gasteiger partial charge in [0.05, 0.1) is 0 Å². The molecule has 1 N–H and O–H groups in total. The summed E-state index contributed by atoms with van der Waals surface area (Å²) in [5.41, 5.74) is 4.09. The molecule has 0 unspecified atom stereocenters. The second-order valence-corrected chi connectivity index (χ2v) is 4.54. The Labute approximate surface area is 94.8 Å². The number of hydrogen-bond donors (Lipinski definition) is 1. The predicted molar refractivity (Wildman–Crippen MR) is 67.3 cm³/mol. The van der Waals surface area contributed by atoms with Crippen molar-refractivity contribution < 1.29 is 0 Å². The Kier molecular flexibility index (Phi) is 3.19. The summed E-state index contributed by atoms with van der Waals surface area (Å²) in [5.74, 6) is 0. The van der Waals surface area contributed by atoms with Crippen LogP contribution < -0.4 is 5.32 Å². The van der Waals surface area contributed by atoms with E-state index in [9.17, 15) is 0 Å². The van der Waals surface area contributed by atoms with E-state index in [-0.39, 0.29) is 0 Å². The van der Waals surface area contributed by atoms with Gasteiger partial charge in [-0.05, 0) is 42.1 Å². The zero-order valence-electron chi connectivity index (χ0n) is 9.08. The number of hydrogen-bond acceptors (Lipinski definition) is 2. The minimum absolute atomic E-state index is 0.924. The van der Waals surface area contributed by atoms with E-state index in [0.717, 1.165) is 6.54 Å². The SMILES string of the molecule is CNCc1ccccc1-c1sccc1C. The first-order valence-electron chi connectivity index (χ1n) is 5.10. The Bertz CT molecular complexity index is 445. The summed E-state index contributed by atoms with van der Waals surface area (Å²) in [7, 11) is 1.98. The quantitative estimate of drug-likeness (QED) is 0.830. The van der Waals surface area contributed by atoms with Crippen LogP contribution in [0.25, 0.3) is 10.4 Å². The molecule has 0 atom stereocenters. The summed E-state index contributed by atoms with van der Waals surface area (Å²) >= 11 is 1.81. The van der Waals surface area contributed by atoms with Crippen molar-refractivity contribution in [1.29, 1.82) is 0 Å². The highest BCUT2D eigenvalue weighted by Crippen LogP contribution is 2.31. The zero-order chi connectivity index (χ0) is 10.7. The van der Waals surface area contributed by atoms with E-state index in [1.165, 1.54) is 21.6 Å². The summed E-state index contributed by atoms with van der Waals surface area (Å²) in [5, 5.41) is 5.36. The molecule has 0 aliphatic carbocycles. The van der Waals surface area contributed by atoms with Gasteiger partial charge in [0.15, 0.2) is 0 Å². The van der Waals surface area contributed by atoms with Crippen LogP contribution in [0.1, 0.15) is 11.1 Å². The lowest BCUT2D eigenvalue weighted by atomic mass is 10.0. The highest BCUT2D eigenvalue weighted by molar-refractivity contribution is 7.13. The number of aryl methyl sites for hydroxylation is 1. The van der Waals surface area contributed by atoms with Crippen LogP contribution in [-0.2, 0) is 6.54 Å². The molecule has 0 saturated heterocycles. The van der Waals surface area contributed by atoms with Crippen LogP contribution in [-0.4, -0.2) is 7.05 Å². The number of nitrogens with one attached hydrogen (secondary N) is 1. The Hall–Kier alpha value is -1.12. The lowest BCUT2D eigenvalue weighted by molar-refractivity contribution is 0.819. The second-order valence-electron chi connectivity index (χ2n) is 3.62. The van der Waals surface area contributed by atoms with Gasteiger partial charge < -0.3 is 5.32 Å². The molecule has 1 nitrogen and oxygen atoms in total. The highest BCUT2D eigenvalue weighted by Gasteiger charge is 2.07. The lowest BCUT2D eigenvalue weighted by Gasteiger charge is -2.08. The molecular formula is C13H15NS. The number of benzene rings is 1. The Morgan fingerprint density at radius 2 is 2.00 bits per heavy atom. The second kappa shape index (κ2) is 4.60. The van der Waals surface area contributed by atoms with Gasteiger partial charge in [0.25, 0.3) is 0 Å². The van der Waals surface area contributed by atoms with E-state index in [0.29, 0.717) is 0 Å². The molecule has 0 radical (unpaired) electrons. The first kappa shape index (κ1) is 10.4. The third-order valence-electron chi connectivity index (χ3n) is 2.49. The van der Waals surface area contributed by atoms with E-state index in [1.54, 1.807) is 0 Å². The van der Waals surface area contributed by atoms with E-state index in [1.807, 2.05) is 18.4 Å². The normalized spacial score (nSPS) is 10.5. The van der Waals surface area contributed by atoms with Crippen LogP contribution >= 0.6 is 11.3 Å². The largest absolute Gasteiger partial charge is 0.316 e. The maximum atomic E-state index is 3.21. The monoisotopic (exact) mass is 217 g/mol. The van der Waals surface area contributed by atoms with Gasteiger partial charge in [0.2, 0.25) is 0 Å². The summed E-state index contributed by atoms with van der Waals surface area (Å²) in [6.07, 6.45) is 0. The van der Waals surface area contributed by atoms with Gasteiger partial charge in [-0.25, -0.2) is 0 Å². The standard InChI is InChI=1S/C13H15NS/c1-10-7-8-15-13(10)12-6-4-3-5-11(12)9-14-2/h3-8,14H,9H2,1-2H3. The fourth-order valence-electron chi connectivity index (χ4n) is 1.74. The molecule has 0 fully saturated rings. The van der Waals surface area contributed by atoms with E-state index >= 15 is 0 Å². The molecular weight excluding hydrogens is 202 g/mol. The molecule has 0 bridgehead atoms. The summed E-state index contributed by atoms with van der Waals surface area (Å²) in [6, 6.07) is 10.8. The fourth-order valence-corrected chi connectivity index (χ4v) is 2.72. The third-order valence-corrected chi connectivity index (χ3v) is 3.54. The average Bonchev–Trinajstić information content (AvgIpc) is 2.66. The van der Waals surface area contributed by atoms with Crippen LogP contribution in [0.5, 0.6) is 0 Å². The van der Waals surface area contributed by atoms with Crippen molar-refractivity contribution in [2.75, 3.05) is 7.05 Å². The van der Waals surface area contributed by atoms with E-state index in [2.05, 4.69) is 48.0 Å². The minimum atomic E-state index is 0.924. The van der Waals surface area contributed by atoms with Gasteiger partial charge in [-0.2, -0.15) is 0 Å². The van der Waals surface area contributed by atoms with Gasteiger partial charge >= 0.3 is 0 Å². The van der Waals surface area contributed by atoms with Crippen LogP contribution in [0.15, 0.2) is 35.7 Å². The molecule has 0 aliphatic heterocycles. The smallest absolute Gasteiger partial charge is 0.0375 e. The van der Waals surface area contributed by atoms with Crippen LogP contribution in [0.2, 0.25) is 0 Å². The van der Waals surface area contributed by atoms with Gasteiger partial charge in [-0.1, -0.05) is 24.3 Å². The molecule has 0 spiro atoms. The van der Waals surface area contributed by atoms with Crippen molar-refractivity contribution >= 4 is 11.3 Å². The lowest BCUT2D eigenvalue weighted by Crippen LogP contribution is -2.06. The van der Waals surface area contributed by atoms with Crippen LogP contribution in [0.4, 0.5) is 0 Å². The Balaban J connectivity index is 2.48. The van der Waals surface area contributed by atoms with Crippen molar-refractivity contribution in [2.45, 2.75) is 13.5 Å². The molecule has 1 aromatic carbocycles. The summed E-state index contributed by atoms with van der Waals surface area (Å²) in [4.78, 5) is 1.39. The highest BCUT2D eigenvalue weighted by atomic mass is 32.1. The molecule has 2 heteroatoms. The van der Waals surface area contributed by atoms with Gasteiger partial charge in [0.1, 0.15) is 0 Å². The van der Waals surface area contributed by atoms with Gasteiger partial charge in [-0.3, -0.25) is 0 Å². The zero-order valence-corrected chi connectivity index (χ0v) is 9.90. The average molecular weight is 217 g/mol. The van der Waals surface area contributed by atoms with Crippen molar-refractivity contribution in [3.05, 3.63) is 46.8 Å². The Morgan fingerprint density at radius 1 is 1.20 bits per heavy atom. The van der Waals surface area contributed by atoms with E-state index < -0.39 is 0 Å². The fraction of sp³-hybridized carbons (Fsp3) is 0.231. The Morgan fingerprint density at radius 3 is 2.67 bits per heavy atom. The number of rotatable bonds is 3. The predicted octanol–water partition coefficient (Wildman–Crippen LogP) is 3.44. The molecule has 1 heterocycles. The summed E-state index contributed by atoms with van der Waals surface area (Å²) < 4.78 is 0. The van der Waals surface area contributed by atoms with Crippen molar-refractivity contribution in [3.63, 3.8) is 0 Å². The van der Waals surface area contributed by atoms with Crippen molar-refractivity contribution in [1.82, 2.24) is 5.32 Å². The number of thiophene rings is 1.